The number of carbonyl (C=O) groups is 1. The first kappa shape index (κ1) is 22.6. The smallest absolute Gasteiger partial charge is 0.252 e. The van der Waals surface area contributed by atoms with Crippen molar-refractivity contribution in [2.24, 2.45) is 0 Å². The predicted molar refractivity (Wildman–Crippen MR) is 127 cm³/mol. The first-order chi connectivity index (χ1) is 16.3. The lowest BCUT2D eigenvalue weighted by molar-refractivity contribution is -0.133. The Kier molecular flexibility index (Phi) is 5.92. The van der Waals surface area contributed by atoms with Crippen LogP contribution in [0.4, 0.5) is 4.39 Å². The highest BCUT2D eigenvalue weighted by Gasteiger charge is 2.31. The topological polar surface area (TPSA) is 88.4 Å². The van der Waals surface area contributed by atoms with Crippen LogP contribution in [-0.4, -0.2) is 64.5 Å². The van der Waals surface area contributed by atoms with Gasteiger partial charge in [0, 0.05) is 37.8 Å². The number of hydrogen-bond donors (Lipinski definition) is 0. The molecule has 5 rings (SSSR count). The van der Waals surface area contributed by atoms with Gasteiger partial charge in [-0.05, 0) is 47.7 Å². The predicted octanol–water partition coefficient (Wildman–Crippen LogP) is 3.14. The van der Waals surface area contributed by atoms with Gasteiger partial charge in [-0.2, -0.15) is 9.40 Å². The van der Waals surface area contributed by atoms with E-state index >= 15 is 0 Å². The van der Waals surface area contributed by atoms with Crippen molar-refractivity contribution in [2.45, 2.75) is 17.7 Å². The quantitative estimate of drug-likeness (QED) is 0.421. The van der Waals surface area contributed by atoms with Crippen molar-refractivity contribution in [3.63, 3.8) is 0 Å². The zero-order valence-corrected chi connectivity index (χ0v) is 20.0. The molecule has 176 valence electrons. The zero-order valence-electron chi connectivity index (χ0n) is 18.4. The number of rotatable bonds is 5. The molecule has 1 aliphatic rings. The minimum atomic E-state index is -3.52. The fourth-order valence-electron chi connectivity index (χ4n) is 4.21. The first-order valence-electron chi connectivity index (χ1n) is 10.7. The fraction of sp³-hybridized carbons (Fsp3) is 0.261. The van der Waals surface area contributed by atoms with E-state index in [1.807, 2.05) is 13.0 Å². The number of nitrogens with zero attached hydrogens (tertiary/aromatic N) is 5. The molecule has 1 saturated heterocycles. The number of hydrogen-bond acceptors (Lipinski definition) is 6. The van der Waals surface area contributed by atoms with Crippen LogP contribution in [0.15, 0.2) is 58.3 Å². The summed E-state index contributed by atoms with van der Waals surface area (Å²) < 4.78 is 42.1. The number of carbonyl (C=O) groups excluding carboxylic acids is 1. The summed E-state index contributed by atoms with van der Waals surface area (Å²) in [4.78, 5) is 19.1. The molecule has 0 unspecified atom stereocenters. The van der Waals surface area contributed by atoms with Crippen molar-refractivity contribution in [1.82, 2.24) is 24.0 Å². The average Bonchev–Trinajstić information content (AvgIpc) is 3.49. The summed E-state index contributed by atoms with van der Waals surface area (Å²) in [7, 11) is -3.52. The number of fused-ring (bicyclic) bond motifs is 1. The van der Waals surface area contributed by atoms with Crippen LogP contribution in [0.3, 0.4) is 0 Å². The van der Waals surface area contributed by atoms with Crippen LogP contribution in [0.1, 0.15) is 5.69 Å². The molecule has 0 atom stereocenters. The highest BCUT2D eigenvalue weighted by Crippen LogP contribution is 2.30. The molecular formula is C23H22FN5O3S2. The molecule has 1 aromatic carbocycles. The highest BCUT2D eigenvalue weighted by atomic mass is 32.2. The number of thiophene rings is 1. The molecule has 1 aliphatic heterocycles. The van der Waals surface area contributed by atoms with Gasteiger partial charge < -0.3 is 4.90 Å². The van der Waals surface area contributed by atoms with E-state index in [0.29, 0.717) is 22.9 Å². The lowest BCUT2D eigenvalue weighted by Gasteiger charge is -2.33. The third-order valence-corrected chi connectivity index (χ3v) is 9.20. The second-order valence-corrected chi connectivity index (χ2v) is 11.1. The fourth-order valence-corrected chi connectivity index (χ4v) is 6.77. The van der Waals surface area contributed by atoms with Gasteiger partial charge in [0.15, 0.2) is 5.65 Å². The van der Waals surface area contributed by atoms with E-state index in [4.69, 9.17) is 0 Å². The number of sulfonamides is 1. The number of benzene rings is 1. The molecule has 0 N–H and O–H groups in total. The van der Waals surface area contributed by atoms with Crippen LogP contribution in [0.5, 0.6) is 0 Å². The van der Waals surface area contributed by atoms with Crippen molar-refractivity contribution in [3.05, 3.63) is 65.6 Å². The average molecular weight is 500 g/mol. The number of aromatic nitrogens is 3. The van der Waals surface area contributed by atoms with Gasteiger partial charge in [0.25, 0.3) is 10.0 Å². The summed E-state index contributed by atoms with van der Waals surface area (Å²) in [5, 5.41) is 7.09. The molecule has 0 spiro atoms. The van der Waals surface area contributed by atoms with Crippen molar-refractivity contribution in [3.8, 4) is 11.1 Å². The van der Waals surface area contributed by atoms with E-state index in [9.17, 15) is 17.6 Å². The van der Waals surface area contributed by atoms with Gasteiger partial charge in [-0.3, -0.25) is 4.79 Å². The standard InChI is InChI=1S/C23H22FN5O3S2/c1-16-22-19(17-4-6-18(24)7-5-17)8-9-25-23(22)29(26-16)15-20(30)27-10-12-28(13-11-27)34(31,32)21-3-2-14-33-21/h2-9,14H,10-13,15H2,1H3. The maximum Gasteiger partial charge on any atom is 0.252 e. The molecule has 11 heteroatoms. The van der Waals surface area contributed by atoms with Gasteiger partial charge >= 0.3 is 0 Å². The lowest BCUT2D eigenvalue weighted by atomic mass is 10.0. The largest absolute Gasteiger partial charge is 0.338 e. The lowest BCUT2D eigenvalue weighted by Crippen LogP contribution is -2.51. The van der Waals surface area contributed by atoms with Crippen LogP contribution in [0, 0.1) is 12.7 Å². The van der Waals surface area contributed by atoms with Gasteiger partial charge in [0.05, 0.1) is 5.69 Å². The van der Waals surface area contributed by atoms with Crippen LogP contribution >= 0.6 is 11.3 Å². The molecule has 1 amide bonds. The zero-order chi connectivity index (χ0) is 23.9. The van der Waals surface area contributed by atoms with E-state index in [1.165, 1.54) is 27.8 Å². The molecule has 8 nitrogen and oxygen atoms in total. The third kappa shape index (κ3) is 4.10. The van der Waals surface area contributed by atoms with E-state index < -0.39 is 10.0 Å². The van der Waals surface area contributed by atoms with Crippen LogP contribution in [0.2, 0.25) is 0 Å². The van der Waals surface area contributed by atoms with Crippen LogP contribution in [-0.2, 0) is 21.4 Å². The second-order valence-electron chi connectivity index (χ2n) is 8.02. The molecule has 0 bridgehead atoms. The summed E-state index contributed by atoms with van der Waals surface area (Å²) in [5.74, 6) is -0.457. The van der Waals surface area contributed by atoms with E-state index in [2.05, 4.69) is 10.1 Å². The minimum absolute atomic E-state index is 0.00187. The van der Waals surface area contributed by atoms with Gasteiger partial charge in [-0.1, -0.05) is 18.2 Å². The number of piperazine rings is 1. The molecule has 3 aromatic heterocycles. The summed E-state index contributed by atoms with van der Waals surface area (Å²) in [5.41, 5.74) is 3.01. The summed E-state index contributed by atoms with van der Waals surface area (Å²) in [6.45, 7) is 2.98. The Bertz CT molecular complexity index is 1440. The van der Waals surface area contributed by atoms with E-state index in [0.717, 1.165) is 22.2 Å². The van der Waals surface area contributed by atoms with E-state index in [1.54, 1.807) is 45.4 Å². The number of aryl methyl sites for hydroxylation is 1. The van der Waals surface area contributed by atoms with E-state index in [-0.39, 0.29) is 31.4 Å². The van der Waals surface area contributed by atoms with Crippen molar-refractivity contribution < 1.29 is 17.6 Å². The monoisotopic (exact) mass is 499 g/mol. The maximum atomic E-state index is 13.4. The van der Waals surface area contributed by atoms with Gasteiger partial charge in [0.1, 0.15) is 16.6 Å². The van der Waals surface area contributed by atoms with Crippen LogP contribution in [0.25, 0.3) is 22.2 Å². The molecule has 0 saturated carbocycles. The van der Waals surface area contributed by atoms with Crippen LogP contribution < -0.4 is 0 Å². The number of halogens is 1. The number of pyridine rings is 1. The maximum absolute atomic E-state index is 13.4. The van der Waals surface area contributed by atoms with Gasteiger partial charge in [-0.15, -0.1) is 11.3 Å². The van der Waals surface area contributed by atoms with Crippen molar-refractivity contribution in [1.29, 1.82) is 0 Å². The third-order valence-electron chi connectivity index (χ3n) is 5.93. The Morgan fingerprint density at radius 3 is 2.50 bits per heavy atom. The number of amides is 1. The molecule has 1 fully saturated rings. The SMILES string of the molecule is Cc1nn(CC(=O)N2CCN(S(=O)(=O)c3cccs3)CC2)c2nccc(-c3ccc(F)cc3)c12. The minimum Gasteiger partial charge on any atom is -0.338 e. The summed E-state index contributed by atoms with van der Waals surface area (Å²) in [6.07, 6.45) is 1.65. The molecule has 0 aliphatic carbocycles. The Morgan fingerprint density at radius 1 is 1.09 bits per heavy atom. The van der Waals surface area contributed by atoms with Crippen molar-refractivity contribution >= 4 is 38.3 Å². The molecular weight excluding hydrogens is 477 g/mol. The summed E-state index contributed by atoms with van der Waals surface area (Å²) in [6, 6.07) is 11.4. The Labute approximate surface area is 200 Å². The molecule has 34 heavy (non-hydrogen) atoms. The Balaban J connectivity index is 1.33. The first-order valence-corrected chi connectivity index (χ1v) is 13.1. The van der Waals surface area contributed by atoms with Crippen molar-refractivity contribution in [2.75, 3.05) is 26.2 Å². The summed E-state index contributed by atoms with van der Waals surface area (Å²) >= 11 is 1.19. The van der Waals surface area contributed by atoms with Gasteiger partial charge in [-0.25, -0.2) is 22.5 Å². The highest BCUT2D eigenvalue weighted by molar-refractivity contribution is 7.91. The molecule has 4 heterocycles. The van der Waals surface area contributed by atoms with Gasteiger partial charge in [0.2, 0.25) is 5.91 Å². The molecule has 4 aromatic rings. The Morgan fingerprint density at radius 2 is 1.82 bits per heavy atom. The Hall–Kier alpha value is -3.15. The second kappa shape index (κ2) is 8.90. The molecule has 0 radical (unpaired) electrons. The normalized spacial score (nSPS) is 15.2.